The maximum absolute atomic E-state index is 13.3. The van der Waals surface area contributed by atoms with Gasteiger partial charge in [0.2, 0.25) is 12.7 Å². The largest absolute Gasteiger partial charge is 0.454 e. The normalized spacial score (nSPS) is 15.5. The number of aromatic nitrogens is 1. The van der Waals surface area contributed by atoms with E-state index in [2.05, 4.69) is 5.32 Å². The van der Waals surface area contributed by atoms with E-state index in [1.54, 1.807) is 42.5 Å². The van der Waals surface area contributed by atoms with E-state index in [0.29, 0.717) is 32.8 Å². The van der Waals surface area contributed by atoms with Gasteiger partial charge in [-0.15, -0.1) is 0 Å². The Labute approximate surface area is 243 Å². The van der Waals surface area contributed by atoms with Crippen molar-refractivity contribution in [3.05, 3.63) is 92.4 Å². The number of hydrogen-bond acceptors (Lipinski definition) is 6. The standard InChI is InChI=1S/C29H21Cl2N3O5S/c1-16-19(12-26-28(36)34(29(37)40-26)13-20-21(30)6-4-7-22(20)31)18-5-2-3-8-23(18)33(16)14-27(35)32-17-9-10-24-25(11-17)39-15-38-24/h2-12H,13-15H2,1H3,(H,32,35)/b26-12-. The smallest absolute Gasteiger partial charge is 0.293 e. The molecule has 40 heavy (non-hydrogen) atoms. The highest BCUT2D eigenvalue weighted by atomic mass is 35.5. The van der Waals surface area contributed by atoms with E-state index in [-0.39, 0.29) is 30.7 Å². The van der Waals surface area contributed by atoms with E-state index in [1.165, 1.54) is 0 Å². The highest BCUT2D eigenvalue weighted by molar-refractivity contribution is 8.18. The molecule has 202 valence electrons. The molecule has 1 saturated heterocycles. The van der Waals surface area contributed by atoms with E-state index in [4.69, 9.17) is 32.7 Å². The second-order valence-corrected chi connectivity index (χ2v) is 11.0. The van der Waals surface area contributed by atoms with Crippen LogP contribution in [0.3, 0.4) is 0 Å². The van der Waals surface area contributed by atoms with Crippen molar-refractivity contribution in [2.45, 2.75) is 20.0 Å². The maximum Gasteiger partial charge on any atom is 0.293 e. The molecule has 2 aliphatic heterocycles. The first-order valence-electron chi connectivity index (χ1n) is 12.3. The monoisotopic (exact) mass is 593 g/mol. The molecule has 6 rings (SSSR count). The number of rotatable bonds is 6. The number of imide groups is 1. The predicted molar refractivity (Wildman–Crippen MR) is 156 cm³/mol. The van der Waals surface area contributed by atoms with Gasteiger partial charge in [0, 0.05) is 49.5 Å². The minimum absolute atomic E-state index is 0.0265. The van der Waals surface area contributed by atoms with Gasteiger partial charge in [-0.1, -0.05) is 47.5 Å². The molecule has 0 atom stereocenters. The third-order valence-electron chi connectivity index (χ3n) is 6.76. The molecule has 0 unspecified atom stereocenters. The summed E-state index contributed by atoms with van der Waals surface area (Å²) < 4.78 is 12.6. The molecule has 3 heterocycles. The van der Waals surface area contributed by atoms with E-state index in [1.807, 2.05) is 35.8 Å². The first-order valence-corrected chi connectivity index (χ1v) is 13.8. The number of anilines is 1. The maximum atomic E-state index is 13.3. The Morgan fingerprint density at radius 2 is 1.77 bits per heavy atom. The third kappa shape index (κ3) is 4.81. The lowest BCUT2D eigenvalue weighted by atomic mass is 10.1. The second kappa shape index (κ2) is 10.6. The van der Waals surface area contributed by atoms with Crippen LogP contribution in [0.5, 0.6) is 11.5 Å². The molecule has 0 aliphatic carbocycles. The van der Waals surface area contributed by atoms with Crippen LogP contribution in [0, 0.1) is 6.92 Å². The van der Waals surface area contributed by atoms with Crippen LogP contribution in [0.25, 0.3) is 17.0 Å². The summed E-state index contributed by atoms with van der Waals surface area (Å²) in [6, 6.07) is 17.9. The molecule has 1 fully saturated rings. The van der Waals surface area contributed by atoms with Gasteiger partial charge in [-0.25, -0.2) is 0 Å². The van der Waals surface area contributed by atoms with Crippen LogP contribution in [0.15, 0.2) is 65.6 Å². The van der Waals surface area contributed by atoms with Crippen molar-refractivity contribution in [2.24, 2.45) is 0 Å². The van der Waals surface area contributed by atoms with Gasteiger partial charge >= 0.3 is 0 Å². The zero-order valence-corrected chi connectivity index (χ0v) is 23.4. The van der Waals surface area contributed by atoms with Crippen molar-refractivity contribution >= 4 is 74.7 Å². The molecule has 3 amide bonds. The number of nitrogens with one attached hydrogen (secondary N) is 1. The number of halogens is 2. The molecule has 0 radical (unpaired) electrons. The number of para-hydroxylation sites is 1. The van der Waals surface area contributed by atoms with Crippen molar-refractivity contribution in [3.63, 3.8) is 0 Å². The Hall–Kier alpha value is -3.92. The van der Waals surface area contributed by atoms with Gasteiger partial charge in [0.15, 0.2) is 11.5 Å². The summed E-state index contributed by atoms with van der Waals surface area (Å²) >= 11 is 13.4. The van der Waals surface area contributed by atoms with Gasteiger partial charge in [0.1, 0.15) is 6.54 Å². The summed E-state index contributed by atoms with van der Waals surface area (Å²) in [7, 11) is 0. The number of hydrogen-bond donors (Lipinski definition) is 1. The van der Waals surface area contributed by atoms with Crippen LogP contribution in [0.4, 0.5) is 10.5 Å². The third-order valence-corrected chi connectivity index (χ3v) is 8.38. The van der Waals surface area contributed by atoms with Crippen LogP contribution in [0.2, 0.25) is 10.0 Å². The van der Waals surface area contributed by atoms with E-state index in [0.717, 1.165) is 38.8 Å². The number of amides is 3. The molecule has 0 bridgehead atoms. The number of nitrogens with zero attached hydrogens (tertiary/aromatic N) is 2. The summed E-state index contributed by atoms with van der Waals surface area (Å²) in [6.07, 6.45) is 1.71. The molecule has 2 aliphatic rings. The summed E-state index contributed by atoms with van der Waals surface area (Å²) in [5, 5.41) is 4.12. The average molecular weight is 594 g/mol. The lowest BCUT2D eigenvalue weighted by Crippen LogP contribution is -2.27. The molecule has 8 nitrogen and oxygen atoms in total. The summed E-state index contributed by atoms with van der Waals surface area (Å²) in [6.45, 7) is 2.05. The summed E-state index contributed by atoms with van der Waals surface area (Å²) in [5.41, 5.74) is 3.47. The van der Waals surface area contributed by atoms with Crippen LogP contribution < -0.4 is 14.8 Å². The van der Waals surface area contributed by atoms with Gasteiger partial charge in [0.25, 0.3) is 11.1 Å². The molecule has 11 heteroatoms. The first-order chi connectivity index (χ1) is 19.3. The van der Waals surface area contributed by atoms with Gasteiger partial charge in [-0.05, 0) is 55.1 Å². The Kier molecular flexibility index (Phi) is 6.95. The number of benzene rings is 3. The average Bonchev–Trinajstić information content (AvgIpc) is 3.58. The van der Waals surface area contributed by atoms with Gasteiger partial charge in [-0.3, -0.25) is 19.3 Å². The van der Waals surface area contributed by atoms with Crippen LogP contribution in [0.1, 0.15) is 16.8 Å². The van der Waals surface area contributed by atoms with Gasteiger partial charge in [-0.2, -0.15) is 0 Å². The van der Waals surface area contributed by atoms with E-state index in [9.17, 15) is 14.4 Å². The minimum atomic E-state index is -0.428. The SMILES string of the molecule is Cc1c(/C=C2\SC(=O)N(Cc3c(Cl)cccc3Cl)C2=O)c2ccccc2n1CC(=O)Nc1ccc2c(c1)OCO2. The molecular weight excluding hydrogens is 573 g/mol. The zero-order valence-electron chi connectivity index (χ0n) is 21.1. The van der Waals surface area contributed by atoms with Crippen molar-refractivity contribution < 1.29 is 23.9 Å². The highest BCUT2D eigenvalue weighted by Gasteiger charge is 2.36. The molecule has 0 spiro atoms. The van der Waals surface area contributed by atoms with E-state index < -0.39 is 11.1 Å². The second-order valence-electron chi connectivity index (χ2n) is 9.19. The highest BCUT2D eigenvalue weighted by Crippen LogP contribution is 2.38. The zero-order chi connectivity index (χ0) is 28.0. The van der Waals surface area contributed by atoms with Crippen molar-refractivity contribution in [1.82, 2.24) is 9.47 Å². The molecule has 1 aromatic heterocycles. The summed E-state index contributed by atoms with van der Waals surface area (Å²) in [5.74, 6) is 0.552. The van der Waals surface area contributed by atoms with Crippen molar-refractivity contribution in [1.29, 1.82) is 0 Å². The number of carbonyl (C=O) groups excluding carboxylic acids is 3. The van der Waals surface area contributed by atoms with Crippen LogP contribution >= 0.6 is 35.0 Å². The van der Waals surface area contributed by atoms with Crippen LogP contribution in [-0.2, 0) is 22.7 Å². The summed E-state index contributed by atoms with van der Waals surface area (Å²) in [4.78, 5) is 40.6. The van der Waals surface area contributed by atoms with Crippen LogP contribution in [-0.4, -0.2) is 33.3 Å². The quantitative estimate of drug-likeness (QED) is 0.246. The fourth-order valence-corrected chi connectivity index (χ4v) is 6.11. The molecule has 4 aromatic rings. The minimum Gasteiger partial charge on any atom is -0.454 e. The molecule has 3 aromatic carbocycles. The lowest BCUT2D eigenvalue weighted by molar-refractivity contribution is -0.123. The Morgan fingerprint density at radius 3 is 2.58 bits per heavy atom. The topological polar surface area (TPSA) is 89.9 Å². The molecule has 0 saturated carbocycles. The Balaban J connectivity index is 1.28. The fourth-order valence-electron chi connectivity index (χ4n) is 4.77. The Bertz CT molecular complexity index is 1730. The van der Waals surface area contributed by atoms with Gasteiger partial charge < -0.3 is 19.4 Å². The van der Waals surface area contributed by atoms with Crippen molar-refractivity contribution in [3.8, 4) is 11.5 Å². The van der Waals surface area contributed by atoms with E-state index >= 15 is 0 Å². The molecule has 1 N–H and O–H groups in total. The number of ether oxygens (including phenoxy) is 2. The number of thioether (sulfide) groups is 1. The number of fused-ring (bicyclic) bond motifs is 2. The first kappa shape index (κ1) is 26.3. The van der Waals surface area contributed by atoms with Gasteiger partial charge in [0.05, 0.1) is 11.4 Å². The lowest BCUT2D eigenvalue weighted by Gasteiger charge is -2.14. The Morgan fingerprint density at radius 1 is 1.02 bits per heavy atom. The molecular formula is C29H21Cl2N3O5S. The fraction of sp³-hybridized carbons (Fsp3) is 0.138. The predicted octanol–water partition coefficient (Wildman–Crippen LogP) is 6.86. The number of carbonyl (C=O) groups is 3. The van der Waals surface area contributed by atoms with Crippen molar-refractivity contribution in [2.75, 3.05) is 12.1 Å².